The molecule has 166 valence electrons. The molecule has 0 spiro atoms. The predicted octanol–water partition coefficient (Wildman–Crippen LogP) is 3.59. The van der Waals surface area contributed by atoms with Crippen LogP contribution in [0, 0.1) is 5.82 Å². The number of nitrogens with one attached hydrogen (secondary N) is 2. The third kappa shape index (κ3) is 5.42. The number of amides is 2. The monoisotopic (exact) mass is 447 g/mol. The van der Waals surface area contributed by atoms with E-state index in [9.17, 15) is 14.0 Å². The predicted molar refractivity (Wildman–Crippen MR) is 114 cm³/mol. The van der Waals surface area contributed by atoms with Crippen molar-refractivity contribution in [2.75, 3.05) is 0 Å². The molecule has 0 atom stereocenters. The van der Waals surface area contributed by atoms with Crippen LogP contribution in [0.15, 0.2) is 24.4 Å². The SMILES string of the molecule is O=C(Cc1c(F)cccc1Cl)N[C@H]1CC[C@@H](n2cc(C(=O)NC3CCCC3)nn2)CC1. The van der Waals surface area contributed by atoms with Crippen molar-refractivity contribution in [3.8, 4) is 0 Å². The summed E-state index contributed by atoms with van der Waals surface area (Å²) in [6.45, 7) is 0. The van der Waals surface area contributed by atoms with Gasteiger partial charge in [-0.1, -0.05) is 35.7 Å². The summed E-state index contributed by atoms with van der Waals surface area (Å²) < 4.78 is 15.7. The first-order valence-corrected chi connectivity index (χ1v) is 11.3. The van der Waals surface area contributed by atoms with Crippen molar-refractivity contribution in [1.82, 2.24) is 25.6 Å². The molecule has 4 rings (SSSR count). The minimum Gasteiger partial charge on any atom is -0.353 e. The van der Waals surface area contributed by atoms with Crippen molar-refractivity contribution in [2.24, 2.45) is 0 Å². The minimum absolute atomic E-state index is 0.0305. The van der Waals surface area contributed by atoms with Crippen LogP contribution in [0.25, 0.3) is 0 Å². The Labute approximate surface area is 185 Å². The van der Waals surface area contributed by atoms with E-state index in [4.69, 9.17) is 11.6 Å². The minimum atomic E-state index is -0.467. The van der Waals surface area contributed by atoms with Crippen LogP contribution in [0.4, 0.5) is 4.39 Å². The molecule has 31 heavy (non-hydrogen) atoms. The molecule has 2 amide bonds. The topological polar surface area (TPSA) is 88.9 Å². The molecule has 0 aliphatic heterocycles. The smallest absolute Gasteiger partial charge is 0.273 e. The Morgan fingerprint density at radius 1 is 1.06 bits per heavy atom. The van der Waals surface area contributed by atoms with Crippen LogP contribution >= 0.6 is 11.6 Å². The van der Waals surface area contributed by atoms with E-state index in [1.165, 1.54) is 12.1 Å². The van der Waals surface area contributed by atoms with Crippen LogP contribution < -0.4 is 10.6 Å². The van der Waals surface area contributed by atoms with E-state index in [2.05, 4.69) is 20.9 Å². The lowest BCUT2D eigenvalue weighted by Gasteiger charge is -2.29. The Hall–Kier alpha value is -2.48. The van der Waals surface area contributed by atoms with Crippen molar-refractivity contribution in [3.63, 3.8) is 0 Å². The summed E-state index contributed by atoms with van der Waals surface area (Å²) in [4.78, 5) is 24.7. The van der Waals surface area contributed by atoms with E-state index in [-0.39, 0.29) is 46.9 Å². The van der Waals surface area contributed by atoms with Gasteiger partial charge in [0.15, 0.2) is 5.69 Å². The molecular weight excluding hydrogens is 421 g/mol. The lowest BCUT2D eigenvalue weighted by atomic mass is 9.91. The summed E-state index contributed by atoms with van der Waals surface area (Å²) >= 11 is 6.01. The van der Waals surface area contributed by atoms with Gasteiger partial charge in [-0.05, 0) is 50.7 Å². The molecule has 2 N–H and O–H groups in total. The van der Waals surface area contributed by atoms with E-state index in [0.29, 0.717) is 5.69 Å². The van der Waals surface area contributed by atoms with E-state index >= 15 is 0 Å². The lowest BCUT2D eigenvalue weighted by molar-refractivity contribution is -0.121. The van der Waals surface area contributed by atoms with E-state index in [0.717, 1.165) is 51.4 Å². The third-order valence-corrected chi connectivity index (χ3v) is 6.62. The maximum atomic E-state index is 13.9. The fourth-order valence-electron chi connectivity index (χ4n) is 4.51. The van der Waals surface area contributed by atoms with Gasteiger partial charge in [-0.2, -0.15) is 0 Å². The Morgan fingerprint density at radius 2 is 1.77 bits per heavy atom. The van der Waals surface area contributed by atoms with Crippen LogP contribution in [0.3, 0.4) is 0 Å². The van der Waals surface area contributed by atoms with Gasteiger partial charge in [0.2, 0.25) is 5.91 Å². The second-order valence-electron chi connectivity index (χ2n) is 8.49. The molecular formula is C22H27ClFN5O2. The lowest BCUT2D eigenvalue weighted by Crippen LogP contribution is -2.39. The van der Waals surface area contributed by atoms with Crippen LogP contribution in [-0.4, -0.2) is 38.9 Å². The zero-order chi connectivity index (χ0) is 21.8. The number of carbonyl (C=O) groups excluding carboxylic acids is 2. The van der Waals surface area contributed by atoms with Gasteiger partial charge in [-0.3, -0.25) is 9.59 Å². The number of hydrogen-bond donors (Lipinski definition) is 2. The highest BCUT2D eigenvalue weighted by Gasteiger charge is 2.26. The van der Waals surface area contributed by atoms with Crippen LogP contribution in [-0.2, 0) is 11.2 Å². The highest BCUT2D eigenvalue weighted by Crippen LogP contribution is 2.28. The summed E-state index contributed by atoms with van der Waals surface area (Å²) in [7, 11) is 0. The maximum Gasteiger partial charge on any atom is 0.273 e. The molecule has 1 heterocycles. The number of benzene rings is 1. The van der Waals surface area contributed by atoms with E-state index in [1.54, 1.807) is 16.9 Å². The van der Waals surface area contributed by atoms with Crippen molar-refractivity contribution < 1.29 is 14.0 Å². The molecule has 0 bridgehead atoms. The second kappa shape index (κ2) is 9.77. The molecule has 0 saturated heterocycles. The van der Waals surface area contributed by atoms with Crippen molar-refractivity contribution in [3.05, 3.63) is 46.5 Å². The van der Waals surface area contributed by atoms with Gasteiger partial charge in [0.1, 0.15) is 5.82 Å². The molecule has 0 radical (unpaired) electrons. The van der Waals surface area contributed by atoms with Crippen molar-refractivity contribution in [2.45, 2.75) is 75.9 Å². The molecule has 1 aromatic carbocycles. The largest absolute Gasteiger partial charge is 0.353 e. The maximum absolute atomic E-state index is 13.9. The molecule has 2 aliphatic rings. The average molecular weight is 448 g/mol. The van der Waals surface area contributed by atoms with Gasteiger partial charge in [-0.15, -0.1) is 5.10 Å². The fourth-order valence-corrected chi connectivity index (χ4v) is 4.74. The standard InChI is InChI=1S/C22H27ClFN5O2/c23-18-6-3-7-19(24)17(18)12-21(30)25-15-8-10-16(11-9-15)29-13-20(27-28-29)22(31)26-14-4-1-2-5-14/h3,6-7,13-16H,1-2,4-5,8-12H2,(H,25,30)(H,26,31)/t15-,16+. The van der Waals surface area contributed by atoms with E-state index < -0.39 is 5.82 Å². The van der Waals surface area contributed by atoms with E-state index in [1.807, 2.05) is 0 Å². The molecule has 2 aliphatic carbocycles. The van der Waals surface area contributed by atoms with Crippen LogP contribution in [0.1, 0.15) is 73.5 Å². The summed E-state index contributed by atoms with van der Waals surface area (Å²) in [6, 6.07) is 4.83. The Bertz CT molecular complexity index is 915. The molecule has 2 saturated carbocycles. The number of halogens is 2. The molecule has 0 unspecified atom stereocenters. The quantitative estimate of drug-likeness (QED) is 0.708. The highest BCUT2D eigenvalue weighted by molar-refractivity contribution is 6.31. The first-order chi connectivity index (χ1) is 15.0. The van der Waals surface area contributed by atoms with Crippen molar-refractivity contribution >= 4 is 23.4 Å². The molecule has 9 heteroatoms. The molecule has 2 fully saturated rings. The molecule has 2 aromatic rings. The summed E-state index contributed by atoms with van der Waals surface area (Å²) in [5.74, 6) is -0.863. The Balaban J connectivity index is 1.25. The highest BCUT2D eigenvalue weighted by atomic mass is 35.5. The zero-order valence-electron chi connectivity index (χ0n) is 17.3. The zero-order valence-corrected chi connectivity index (χ0v) is 18.1. The second-order valence-corrected chi connectivity index (χ2v) is 8.90. The summed E-state index contributed by atoms with van der Waals surface area (Å²) in [6.07, 6.45) is 9.21. The summed E-state index contributed by atoms with van der Waals surface area (Å²) in [5, 5.41) is 14.5. The first-order valence-electron chi connectivity index (χ1n) is 10.9. The number of aromatic nitrogens is 3. The fraction of sp³-hybridized carbons (Fsp3) is 0.545. The summed E-state index contributed by atoms with van der Waals surface area (Å²) in [5.41, 5.74) is 0.575. The normalized spacial score (nSPS) is 21.7. The van der Waals surface area contributed by atoms with Gasteiger partial charge in [0.05, 0.1) is 18.7 Å². The van der Waals surface area contributed by atoms with Gasteiger partial charge < -0.3 is 10.6 Å². The van der Waals surface area contributed by atoms with Crippen molar-refractivity contribution in [1.29, 1.82) is 0 Å². The van der Waals surface area contributed by atoms with Crippen LogP contribution in [0.2, 0.25) is 5.02 Å². The first kappa shape index (κ1) is 21.7. The van der Waals surface area contributed by atoms with Crippen LogP contribution in [0.5, 0.6) is 0 Å². The number of nitrogens with zero attached hydrogens (tertiary/aromatic N) is 3. The van der Waals surface area contributed by atoms with Gasteiger partial charge in [-0.25, -0.2) is 9.07 Å². The molecule has 1 aromatic heterocycles. The van der Waals surface area contributed by atoms with Gasteiger partial charge in [0, 0.05) is 22.7 Å². The van der Waals surface area contributed by atoms with Gasteiger partial charge in [0.25, 0.3) is 5.91 Å². The van der Waals surface area contributed by atoms with Gasteiger partial charge >= 0.3 is 0 Å². The third-order valence-electron chi connectivity index (χ3n) is 6.27. The average Bonchev–Trinajstić information content (AvgIpc) is 3.44. The number of carbonyl (C=O) groups is 2. The number of rotatable bonds is 6. The number of hydrogen-bond acceptors (Lipinski definition) is 4. The Morgan fingerprint density at radius 3 is 2.48 bits per heavy atom. The Kier molecular flexibility index (Phi) is 6.85. The molecule has 7 nitrogen and oxygen atoms in total.